The maximum Gasteiger partial charge on any atom is 0.133 e. The summed E-state index contributed by atoms with van der Waals surface area (Å²) in [7, 11) is 0. The van der Waals surface area contributed by atoms with E-state index in [-0.39, 0.29) is 6.04 Å². The molecule has 1 unspecified atom stereocenters. The Labute approximate surface area is 143 Å². The monoisotopic (exact) mass is 387 g/mol. The molecule has 112 valence electrons. The summed E-state index contributed by atoms with van der Waals surface area (Å²) in [5.74, 6) is 0.822. The van der Waals surface area contributed by atoms with Crippen LogP contribution in [0.4, 0.5) is 0 Å². The molecule has 2 nitrogen and oxygen atoms in total. The molecule has 2 rings (SSSR count). The minimum atomic E-state index is -0.116. The molecule has 5 heteroatoms. The van der Waals surface area contributed by atoms with Gasteiger partial charge in [0.25, 0.3) is 0 Å². The standard InChI is InChI=1S/C16H16BrCl2NO/c1-2-21-16-6-4-11(9-12(16)17)15(20)8-10-3-5-13(18)14(19)7-10/h3-7,9,15H,2,8,20H2,1H3. The topological polar surface area (TPSA) is 35.2 Å². The van der Waals surface area contributed by atoms with Crippen molar-refractivity contribution in [2.24, 2.45) is 5.73 Å². The van der Waals surface area contributed by atoms with Gasteiger partial charge in [0.15, 0.2) is 0 Å². The van der Waals surface area contributed by atoms with Gasteiger partial charge in [-0.2, -0.15) is 0 Å². The maximum absolute atomic E-state index is 6.27. The summed E-state index contributed by atoms with van der Waals surface area (Å²) in [6.45, 7) is 2.59. The van der Waals surface area contributed by atoms with Crippen LogP contribution in [-0.2, 0) is 6.42 Å². The van der Waals surface area contributed by atoms with Crippen molar-refractivity contribution in [3.8, 4) is 5.75 Å². The first kappa shape index (κ1) is 16.6. The Balaban J connectivity index is 2.14. The summed E-state index contributed by atoms with van der Waals surface area (Å²) in [5.41, 5.74) is 8.37. The van der Waals surface area contributed by atoms with Crippen LogP contribution in [0, 0.1) is 0 Å². The minimum absolute atomic E-state index is 0.116. The molecule has 0 saturated carbocycles. The third kappa shape index (κ3) is 4.36. The third-order valence-electron chi connectivity index (χ3n) is 3.12. The number of benzene rings is 2. The quantitative estimate of drug-likeness (QED) is 0.744. The molecule has 0 fully saturated rings. The van der Waals surface area contributed by atoms with Crippen molar-refractivity contribution < 1.29 is 4.74 Å². The normalized spacial score (nSPS) is 12.2. The summed E-state index contributed by atoms with van der Waals surface area (Å²) in [6.07, 6.45) is 0.692. The molecule has 2 aromatic rings. The van der Waals surface area contributed by atoms with Gasteiger partial charge in [-0.05, 0) is 64.7 Å². The zero-order valence-electron chi connectivity index (χ0n) is 11.6. The lowest BCUT2D eigenvalue weighted by molar-refractivity contribution is 0.338. The Bertz CT molecular complexity index is 634. The summed E-state index contributed by atoms with van der Waals surface area (Å²) in [6, 6.07) is 11.4. The lowest BCUT2D eigenvalue weighted by atomic mass is 10.00. The first-order chi connectivity index (χ1) is 10.0. The Morgan fingerprint density at radius 2 is 1.90 bits per heavy atom. The van der Waals surface area contributed by atoms with Gasteiger partial charge in [-0.25, -0.2) is 0 Å². The highest BCUT2D eigenvalue weighted by Crippen LogP contribution is 2.30. The molecule has 2 N–H and O–H groups in total. The molecule has 1 atom stereocenters. The van der Waals surface area contributed by atoms with E-state index in [1.54, 1.807) is 6.07 Å². The second kappa shape index (κ2) is 7.50. The average molecular weight is 389 g/mol. The highest BCUT2D eigenvalue weighted by molar-refractivity contribution is 9.10. The average Bonchev–Trinajstić information content (AvgIpc) is 2.45. The van der Waals surface area contributed by atoms with Crippen LogP contribution in [0.15, 0.2) is 40.9 Å². The number of hydrogen-bond acceptors (Lipinski definition) is 2. The van der Waals surface area contributed by atoms with E-state index < -0.39 is 0 Å². The predicted octanol–water partition coefficient (Wildman–Crippen LogP) is 5.40. The molecule has 0 aromatic heterocycles. The van der Waals surface area contributed by atoms with Gasteiger partial charge in [-0.1, -0.05) is 35.3 Å². The van der Waals surface area contributed by atoms with E-state index in [1.165, 1.54) is 0 Å². The molecule has 0 heterocycles. The largest absolute Gasteiger partial charge is 0.493 e. The fourth-order valence-corrected chi connectivity index (χ4v) is 2.89. The molecule has 0 aliphatic heterocycles. The Morgan fingerprint density at radius 1 is 1.14 bits per heavy atom. The summed E-state index contributed by atoms with van der Waals surface area (Å²) in [4.78, 5) is 0. The van der Waals surface area contributed by atoms with Gasteiger partial charge >= 0.3 is 0 Å². The third-order valence-corrected chi connectivity index (χ3v) is 4.48. The zero-order valence-corrected chi connectivity index (χ0v) is 14.7. The van der Waals surface area contributed by atoms with Crippen molar-refractivity contribution in [1.29, 1.82) is 0 Å². The van der Waals surface area contributed by atoms with Gasteiger partial charge in [0.1, 0.15) is 5.75 Å². The Morgan fingerprint density at radius 3 is 2.52 bits per heavy atom. The van der Waals surface area contributed by atoms with Gasteiger partial charge in [0.05, 0.1) is 21.1 Å². The van der Waals surface area contributed by atoms with Crippen LogP contribution in [0.25, 0.3) is 0 Å². The molecule has 0 bridgehead atoms. The molecular formula is C16H16BrCl2NO. The zero-order chi connectivity index (χ0) is 15.4. The SMILES string of the molecule is CCOc1ccc(C(N)Cc2ccc(Cl)c(Cl)c2)cc1Br. The molecule has 2 aromatic carbocycles. The first-order valence-electron chi connectivity index (χ1n) is 6.63. The number of hydrogen-bond donors (Lipinski definition) is 1. The number of rotatable bonds is 5. The number of nitrogens with two attached hydrogens (primary N) is 1. The van der Waals surface area contributed by atoms with Crippen LogP contribution in [0.1, 0.15) is 24.1 Å². The first-order valence-corrected chi connectivity index (χ1v) is 8.18. The van der Waals surface area contributed by atoms with Gasteiger partial charge in [0, 0.05) is 6.04 Å². The lowest BCUT2D eigenvalue weighted by Gasteiger charge is -2.15. The van der Waals surface area contributed by atoms with E-state index in [1.807, 2.05) is 37.3 Å². The van der Waals surface area contributed by atoms with E-state index in [0.29, 0.717) is 23.1 Å². The summed E-state index contributed by atoms with van der Waals surface area (Å²) < 4.78 is 6.41. The Kier molecular flexibility index (Phi) is 5.94. The van der Waals surface area contributed by atoms with E-state index in [4.69, 9.17) is 33.7 Å². The van der Waals surface area contributed by atoms with Crippen LogP contribution >= 0.6 is 39.1 Å². The van der Waals surface area contributed by atoms with Crippen molar-refractivity contribution in [2.75, 3.05) is 6.61 Å². The Hall–Kier alpha value is -0.740. The second-order valence-corrected chi connectivity index (χ2v) is 6.35. The maximum atomic E-state index is 6.27. The van der Waals surface area contributed by atoms with Crippen molar-refractivity contribution in [3.63, 3.8) is 0 Å². The van der Waals surface area contributed by atoms with Crippen LogP contribution in [0.3, 0.4) is 0 Å². The molecule has 0 saturated heterocycles. The highest BCUT2D eigenvalue weighted by atomic mass is 79.9. The fraction of sp³-hybridized carbons (Fsp3) is 0.250. The van der Waals surface area contributed by atoms with Crippen LogP contribution in [0.2, 0.25) is 10.0 Å². The van der Waals surface area contributed by atoms with E-state index in [0.717, 1.165) is 21.3 Å². The van der Waals surface area contributed by atoms with Crippen LogP contribution < -0.4 is 10.5 Å². The van der Waals surface area contributed by atoms with Crippen molar-refractivity contribution >= 4 is 39.1 Å². The molecule has 0 aliphatic carbocycles. The van der Waals surface area contributed by atoms with Gasteiger partial charge in [0.2, 0.25) is 0 Å². The molecular weight excluding hydrogens is 373 g/mol. The number of halogens is 3. The van der Waals surface area contributed by atoms with Crippen molar-refractivity contribution in [3.05, 3.63) is 62.0 Å². The van der Waals surface area contributed by atoms with Gasteiger partial charge in [-0.15, -0.1) is 0 Å². The summed E-state index contributed by atoms with van der Waals surface area (Å²) in [5, 5.41) is 1.10. The van der Waals surface area contributed by atoms with E-state index in [2.05, 4.69) is 15.9 Å². The smallest absolute Gasteiger partial charge is 0.133 e. The molecule has 0 radical (unpaired) electrons. The lowest BCUT2D eigenvalue weighted by Crippen LogP contribution is -2.13. The predicted molar refractivity (Wildman–Crippen MR) is 92.4 cm³/mol. The van der Waals surface area contributed by atoms with Gasteiger partial charge < -0.3 is 10.5 Å². The van der Waals surface area contributed by atoms with Crippen molar-refractivity contribution in [1.82, 2.24) is 0 Å². The van der Waals surface area contributed by atoms with E-state index in [9.17, 15) is 0 Å². The van der Waals surface area contributed by atoms with Crippen LogP contribution in [0.5, 0.6) is 5.75 Å². The number of ether oxygens (including phenoxy) is 1. The second-order valence-electron chi connectivity index (χ2n) is 4.68. The molecule has 21 heavy (non-hydrogen) atoms. The van der Waals surface area contributed by atoms with Crippen molar-refractivity contribution in [2.45, 2.75) is 19.4 Å². The van der Waals surface area contributed by atoms with E-state index >= 15 is 0 Å². The van der Waals surface area contributed by atoms with Crippen LogP contribution in [-0.4, -0.2) is 6.61 Å². The molecule has 0 amide bonds. The summed E-state index contributed by atoms with van der Waals surface area (Å²) >= 11 is 15.4. The van der Waals surface area contributed by atoms with Gasteiger partial charge in [-0.3, -0.25) is 0 Å². The molecule has 0 spiro atoms. The molecule has 0 aliphatic rings. The highest BCUT2D eigenvalue weighted by Gasteiger charge is 2.11. The minimum Gasteiger partial charge on any atom is -0.493 e. The fourth-order valence-electron chi connectivity index (χ4n) is 2.06.